The number of esters is 1. The molecule has 1 aromatic rings. The highest BCUT2D eigenvalue weighted by molar-refractivity contribution is 7.46. The second-order valence-electron chi connectivity index (χ2n) is 6.22. The number of carbonyl (C=O) groups excluding carboxylic acids is 1. The van der Waals surface area contributed by atoms with Gasteiger partial charge >= 0.3 is 19.5 Å². The summed E-state index contributed by atoms with van der Waals surface area (Å²) in [5.41, 5.74) is 4.23. The number of ether oxygens (including phenoxy) is 1. The molecule has 0 unspecified atom stereocenters. The Kier molecular flexibility index (Phi) is 5.41. The number of anilines is 1. The van der Waals surface area contributed by atoms with Crippen molar-refractivity contribution in [3.8, 4) is 0 Å². The molecule has 1 heterocycles. The molecule has 26 heavy (non-hydrogen) atoms. The maximum atomic E-state index is 11.8. The molecule has 2 rings (SSSR count). The van der Waals surface area contributed by atoms with E-state index in [4.69, 9.17) is 20.3 Å². The first kappa shape index (κ1) is 19.9. The maximum Gasteiger partial charge on any atom is 0.524 e. The summed E-state index contributed by atoms with van der Waals surface area (Å²) in [7, 11) is -4.83. The van der Waals surface area contributed by atoms with Crippen LogP contribution in [0, 0.1) is 11.3 Å². The summed E-state index contributed by atoms with van der Waals surface area (Å²) in [5.74, 6) is -1.04. The summed E-state index contributed by atoms with van der Waals surface area (Å²) in [6.45, 7) is 6.64. The Bertz CT molecular complexity index is 870. The van der Waals surface area contributed by atoms with Gasteiger partial charge in [-0.15, -0.1) is 0 Å². The monoisotopic (exact) mass is 385 g/mol. The number of phosphoric ester groups is 1. The second kappa shape index (κ2) is 7.06. The summed E-state index contributed by atoms with van der Waals surface area (Å²) in [5, 5.41) is 0. The van der Waals surface area contributed by atoms with Crippen LogP contribution in [-0.4, -0.2) is 31.9 Å². The number of nitrogens with zero attached hydrogens (tertiary/aromatic N) is 2. The average molecular weight is 385 g/mol. The number of rotatable bonds is 7. The standard InChI is InChI=1S/C15H20N3O7P/c1-9(2)13(19)24-8-15(10(3)25-26(21,22)23)6-11(15)7-18-5-4-12(16)17-14(18)20/h4-5,7,9H,3,6,8H2,1-2H3,(H2,16,17,20)(H2,21,22,23)/b11-7-/t15-/m0/s1. The first-order chi connectivity index (χ1) is 11.9. The lowest BCUT2D eigenvalue weighted by Crippen LogP contribution is -2.22. The van der Waals surface area contributed by atoms with E-state index in [0.29, 0.717) is 5.57 Å². The van der Waals surface area contributed by atoms with Crippen LogP contribution in [0.15, 0.2) is 35.0 Å². The van der Waals surface area contributed by atoms with E-state index in [1.807, 2.05) is 0 Å². The summed E-state index contributed by atoms with van der Waals surface area (Å²) in [6, 6.07) is 1.42. The van der Waals surface area contributed by atoms with E-state index in [0.717, 1.165) is 4.57 Å². The first-order valence-corrected chi connectivity index (χ1v) is 9.14. The third-order valence-corrected chi connectivity index (χ3v) is 4.28. The fraction of sp³-hybridized carbons (Fsp3) is 0.400. The van der Waals surface area contributed by atoms with Crippen LogP contribution in [0.3, 0.4) is 0 Å². The van der Waals surface area contributed by atoms with Gasteiger partial charge in [0.1, 0.15) is 18.2 Å². The van der Waals surface area contributed by atoms with Crippen molar-refractivity contribution in [1.82, 2.24) is 9.55 Å². The molecule has 1 aliphatic rings. The summed E-state index contributed by atoms with van der Waals surface area (Å²) >= 11 is 0. The molecule has 0 spiro atoms. The van der Waals surface area contributed by atoms with Crippen molar-refractivity contribution in [2.75, 3.05) is 12.3 Å². The van der Waals surface area contributed by atoms with Gasteiger partial charge in [0.25, 0.3) is 0 Å². The molecule has 142 valence electrons. The van der Waals surface area contributed by atoms with Crippen LogP contribution >= 0.6 is 7.82 Å². The van der Waals surface area contributed by atoms with Gasteiger partial charge in [-0.25, -0.2) is 9.36 Å². The number of phosphoric acid groups is 1. The largest absolute Gasteiger partial charge is 0.524 e. The molecule has 1 aliphatic carbocycles. The molecule has 10 nitrogen and oxygen atoms in total. The number of hydrogen-bond donors (Lipinski definition) is 3. The van der Waals surface area contributed by atoms with Crippen LogP contribution in [0.1, 0.15) is 20.3 Å². The quantitative estimate of drug-likeness (QED) is 0.352. The average Bonchev–Trinajstić information content (AvgIpc) is 3.20. The Labute approximate surface area is 149 Å². The Morgan fingerprint density at radius 2 is 2.23 bits per heavy atom. The smallest absolute Gasteiger partial charge is 0.464 e. The Morgan fingerprint density at radius 1 is 1.58 bits per heavy atom. The van der Waals surface area contributed by atoms with E-state index in [1.54, 1.807) is 13.8 Å². The molecule has 1 aromatic heterocycles. The molecule has 0 saturated heterocycles. The molecule has 0 radical (unpaired) electrons. The van der Waals surface area contributed by atoms with Gasteiger partial charge in [0.15, 0.2) is 0 Å². The van der Waals surface area contributed by atoms with Crippen LogP contribution in [0.25, 0.3) is 6.20 Å². The maximum absolute atomic E-state index is 11.8. The van der Waals surface area contributed by atoms with Gasteiger partial charge < -0.3 is 15.0 Å². The number of aromatic nitrogens is 2. The summed E-state index contributed by atoms with van der Waals surface area (Å²) in [4.78, 5) is 45.2. The van der Waals surface area contributed by atoms with E-state index >= 15 is 0 Å². The molecule has 0 aliphatic heterocycles. The van der Waals surface area contributed by atoms with Crippen molar-refractivity contribution in [3.63, 3.8) is 0 Å². The van der Waals surface area contributed by atoms with Crippen LogP contribution in [0.2, 0.25) is 0 Å². The number of nitrogen functional groups attached to an aromatic ring is 1. The van der Waals surface area contributed by atoms with Gasteiger partial charge in [-0.3, -0.25) is 19.1 Å². The lowest BCUT2D eigenvalue weighted by molar-refractivity contribution is -0.148. The van der Waals surface area contributed by atoms with E-state index < -0.39 is 24.9 Å². The third kappa shape index (κ3) is 4.60. The van der Waals surface area contributed by atoms with Crippen molar-refractivity contribution in [3.05, 3.63) is 40.7 Å². The SMILES string of the molecule is C=C(OP(=O)(O)O)[C@@]1(COC(=O)C(C)C)C/C1=C/n1ccc(N)nc1=O. The molecule has 11 heteroatoms. The molecular weight excluding hydrogens is 365 g/mol. The molecule has 1 saturated carbocycles. The van der Waals surface area contributed by atoms with Gasteiger partial charge in [0, 0.05) is 12.4 Å². The van der Waals surface area contributed by atoms with Gasteiger partial charge in [-0.05, 0) is 18.1 Å². The van der Waals surface area contributed by atoms with E-state index in [9.17, 15) is 14.2 Å². The highest BCUT2D eigenvalue weighted by Gasteiger charge is 2.55. The molecule has 1 atom stereocenters. The zero-order chi connectivity index (χ0) is 19.7. The lowest BCUT2D eigenvalue weighted by atomic mass is 10.1. The summed E-state index contributed by atoms with van der Waals surface area (Å²) < 4.78 is 22.1. The Hall–Kier alpha value is -2.42. The third-order valence-electron chi connectivity index (χ3n) is 3.82. The van der Waals surface area contributed by atoms with Gasteiger partial charge in [0.05, 0.1) is 11.3 Å². The van der Waals surface area contributed by atoms with Crippen LogP contribution in [0.5, 0.6) is 0 Å². The molecule has 0 bridgehead atoms. The molecule has 0 amide bonds. The van der Waals surface area contributed by atoms with E-state index in [-0.39, 0.29) is 30.5 Å². The minimum atomic E-state index is -4.83. The lowest BCUT2D eigenvalue weighted by Gasteiger charge is -2.19. The predicted molar refractivity (Wildman–Crippen MR) is 92.3 cm³/mol. The first-order valence-electron chi connectivity index (χ1n) is 7.61. The second-order valence-corrected chi connectivity index (χ2v) is 7.39. The highest BCUT2D eigenvalue weighted by atomic mass is 31.2. The normalized spacial score (nSPS) is 20.9. The number of hydrogen-bond acceptors (Lipinski definition) is 7. The molecular formula is C15H20N3O7P. The van der Waals surface area contributed by atoms with Crippen molar-refractivity contribution in [1.29, 1.82) is 0 Å². The number of nitrogens with two attached hydrogens (primary N) is 1. The zero-order valence-corrected chi connectivity index (χ0v) is 15.2. The molecule has 0 aromatic carbocycles. The topological polar surface area (TPSA) is 154 Å². The minimum absolute atomic E-state index is 0.0619. The minimum Gasteiger partial charge on any atom is -0.464 e. The van der Waals surface area contributed by atoms with Crippen molar-refractivity contribution in [2.45, 2.75) is 20.3 Å². The Morgan fingerprint density at radius 3 is 2.77 bits per heavy atom. The fourth-order valence-electron chi connectivity index (χ4n) is 2.24. The van der Waals surface area contributed by atoms with E-state index in [2.05, 4.69) is 16.1 Å². The number of carbonyl (C=O) groups is 1. The highest BCUT2D eigenvalue weighted by Crippen LogP contribution is 2.60. The van der Waals surface area contributed by atoms with Crippen LogP contribution in [0.4, 0.5) is 5.82 Å². The van der Waals surface area contributed by atoms with Crippen molar-refractivity contribution in [2.24, 2.45) is 11.3 Å². The van der Waals surface area contributed by atoms with Crippen molar-refractivity contribution >= 4 is 25.8 Å². The predicted octanol–water partition coefficient (Wildman–Crippen LogP) is 0.879. The van der Waals surface area contributed by atoms with Crippen LogP contribution < -0.4 is 11.4 Å². The van der Waals surface area contributed by atoms with Crippen LogP contribution in [-0.2, 0) is 18.6 Å². The fourth-order valence-corrected chi connectivity index (χ4v) is 2.70. The van der Waals surface area contributed by atoms with Gasteiger partial charge in [-0.2, -0.15) is 4.98 Å². The van der Waals surface area contributed by atoms with E-state index in [1.165, 1.54) is 18.5 Å². The van der Waals surface area contributed by atoms with Gasteiger partial charge in [-0.1, -0.05) is 20.4 Å². The summed E-state index contributed by atoms with van der Waals surface area (Å²) in [6.07, 6.45) is 3.06. The molecule has 1 fully saturated rings. The Balaban J connectivity index is 2.30. The molecule has 4 N–H and O–H groups in total. The van der Waals surface area contributed by atoms with Gasteiger partial charge in [0.2, 0.25) is 0 Å². The zero-order valence-electron chi connectivity index (χ0n) is 14.3. The van der Waals surface area contributed by atoms with Crippen molar-refractivity contribution < 1.29 is 28.4 Å².